The smallest absolute Gasteiger partial charge is 0.289 e. The Hall–Kier alpha value is -1.55. The zero-order chi connectivity index (χ0) is 10.3. The van der Waals surface area contributed by atoms with Crippen LogP contribution < -0.4 is 9.88 Å². The highest BCUT2D eigenvalue weighted by molar-refractivity contribution is 6.33. The SMILES string of the molecule is Clc1ccccc1-c1[nH]nc2[n+]1CCN2. The van der Waals surface area contributed by atoms with Crippen LogP contribution in [0.5, 0.6) is 0 Å². The second-order valence-corrected chi connectivity index (χ2v) is 3.86. The summed E-state index contributed by atoms with van der Waals surface area (Å²) in [7, 11) is 0. The van der Waals surface area contributed by atoms with Gasteiger partial charge in [0.25, 0.3) is 0 Å². The van der Waals surface area contributed by atoms with Crippen molar-refractivity contribution in [3.63, 3.8) is 0 Å². The van der Waals surface area contributed by atoms with Gasteiger partial charge in [-0.1, -0.05) is 23.7 Å². The van der Waals surface area contributed by atoms with E-state index in [0.29, 0.717) is 0 Å². The molecule has 4 nitrogen and oxygen atoms in total. The summed E-state index contributed by atoms with van der Waals surface area (Å²) in [5, 5.41) is 11.1. The number of nitrogens with one attached hydrogen (secondary N) is 2. The molecule has 0 saturated carbocycles. The molecule has 0 radical (unpaired) electrons. The van der Waals surface area contributed by atoms with Gasteiger partial charge in [0.1, 0.15) is 0 Å². The Morgan fingerprint density at radius 2 is 2.20 bits per heavy atom. The molecule has 3 rings (SSSR count). The number of benzene rings is 1. The molecule has 2 N–H and O–H groups in total. The first-order valence-corrected chi connectivity index (χ1v) is 5.21. The predicted octanol–water partition coefficient (Wildman–Crippen LogP) is 1.44. The molecule has 15 heavy (non-hydrogen) atoms. The van der Waals surface area contributed by atoms with Crippen LogP contribution in [-0.4, -0.2) is 16.7 Å². The maximum Gasteiger partial charge on any atom is 0.378 e. The number of halogens is 1. The Morgan fingerprint density at radius 1 is 1.33 bits per heavy atom. The average molecular weight is 222 g/mol. The minimum absolute atomic E-state index is 0.739. The third kappa shape index (κ3) is 1.29. The molecule has 0 fully saturated rings. The van der Waals surface area contributed by atoms with Crippen LogP contribution in [0.4, 0.5) is 5.95 Å². The second kappa shape index (κ2) is 3.24. The monoisotopic (exact) mass is 221 g/mol. The summed E-state index contributed by atoms with van der Waals surface area (Å²) in [6, 6.07) is 7.76. The molecule has 0 aliphatic carbocycles. The number of fused-ring (bicyclic) bond motifs is 1. The molecule has 0 unspecified atom stereocenters. The van der Waals surface area contributed by atoms with Crippen LogP contribution in [0, 0.1) is 0 Å². The number of aromatic amines is 1. The summed E-state index contributed by atoms with van der Waals surface area (Å²) >= 11 is 6.14. The van der Waals surface area contributed by atoms with Crippen molar-refractivity contribution in [2.75, 3.05) is 11.9 Å². The summed E-state index contributed by atoms with van der Waals surface area (Å²) in [5.41, 5.74) is 0.988. The largest absolute Gasteiger partial charge is 0.378 e. The topological polar surface area (TPSA) is 44.6 Å². The lowest BCUT2D eigenvalue weighted by Gasteiger charge is -1.99. The van der Waals surface area contributed by atoms with Gasteiger partial charge in [-0.05, 0) is 12.1 Å². The summed E-state index contributed by atoms with van der Waals surface area (Å²) < 4.78 is 2.10. The number of rotatable bonds is 1. The lowest BCUT2D eigenvalue weighted by Crippen LogP contribution is -2.31. The van der Waals surface area contributed by atoms with Gasteiger partial charge in [-0.3, -0.25) is 5.32 Å². The molecular formula is C10H10ClN4+. The Labute approximate surface area is 91.9 Å². The predicted molar refractivity (Wildman–Crippen MR) is 57.7 cm³/mol. The zero-order valence-corrected chi connectivity index (χ0v) is 8.75. The van der Waals surface area contributed by atoms with Gasteiger partial charge in [-0.2, -0.15) is 5.10 Å². The molecule has 1 aromatic heterocycles. The van der Waals surface area contributed by atoms with Gasteiger partial charge in [0, 0.05) is 5.10 Å². The van der Waals surface area contributed by atoms with Crippen molar-refractivity contribution in [3.8, 4) is 11.4 Å². The minimum Gasteiger partial charge on any atom is -0.289 e. The summed E-state index contributed by atoms with van der Waals surface area (Å²) in [5.74, 6) is 1.84. The van der Waals surface area contributed by atoms with Gasteiger partial charge in [0.2, 0.25) is 5.82 Å². The zero-order valence-electron chi connectivity index (χ0n) is 8.00. The van der Waals surface area contributed by atoms with E-state index in [0.717, 1.165) is 35.4 Å². The van der Waals surface area contributed by atoms with E-state index < -0.39 is 0 Å². The summed E-state index contributed by atoms with van der Waals surface area (Å²) in [4.78, 5) is 0. The highest BCUT2D eigenvalue weighted by Crippen LogP contribution is 2.24. The van der Waals surface area contributed by atoms with Gasteiger partial charge in [-0.25, -0.2) is 4.57 Å². The van der Waals surface area contributed by atoms with E-state index in [2.05, 4.69) is 20.1 Å². The fourth-order valence-corrected chi connectivity index (χ4v) is 2.05. The molecule has 0 bridgehead atoms. The van der Waals surface area contributed by atoms with Crippen molar-refractivity contribution in [1.82, 2.24) is 10.2 Å². The van der Waals surface area contributed by atoms with Crippen molar-refractivity contribution in [2.24, 2.45) is 0 Å². The van der Waals surface area contributed by atoms with Crippen LogP contribution in [0.2, 0.25) is 5.02 Å². The normalized spacial score (nSPS) is 13.7. The molecule has 2 heterocycles. The molecular weight excluding hydrogens is 212 g/mol. The first-order valence-electron chi connectivity index (χ1n) is 4.83. The third-order valence-electron chi connectivity index (χ3n) is 2.54. The lowest BCUT2D eigenvalue weighted by atomic mass is 10.2. The van der Waals surface area contributed by atoms with Gasteiger partial charge in [0.05, 0.1) is 23.7 Å². The van der Waals surface area contributed by atoms with E-state index in [1.165, 1.54) is 0 Å². The molecule has 0 amide bonds. The average Bonchev–Trinajstić information content (AvgIpc) is 2.80. The van der Waals surface area contributed by atoms with E-state index in [1.807, 2.05) is 24.3 Å². The molecule has 2 aromatic rings. The van der Waals surface area contributed by atoms with E-state index >= 15 is 0 Å². The number of hydrogen-bond acceptors (Lipinski definition) is 2. The van der Waals surface area contributed by atoms with E-state index in [4.69, 9.17) is 11.6 Å². The fraction of sp³-hybridized carbons (Fsp3) is 0.200. The number of anilines is 1. The van der Waals surface area contributed by atoms with Gasteiger partial charge in [-0.15, -0.1) is 0 Å². The molecule has 1 aliphatic rings. The summed E-state index contributed by atoms with van der Waals surface area (Å²) in [6.07, 6.45) is 0. The van der Waals surface area contributed by atoms with Crippen LogP contribution in [0.25, 0.3) is 11.4 Å². The molecule has 0 saturated heterocycles. The van der Waals surface area contributed by atoms with E-state index in [1.54, 1.807) is 0 Å². The number of aromatic nitrogens is 3. The Balaban J connectivity index is 2.17. The minimum atomic E-state index is 0.739. The quantitative estimate of drug-likeness (QED) is 0.716. The number of H-pyrrole nitrogens is 1. The maximum atomic E-state index is 6.14. The van der Waals surface area contributed by atoms with Crippen molar-refractivity contribution in [3.05, 3.63) is 29.3 Å². The van der Waals surface area contributed by atoms with Crippen molar-refractivity contribution < 1.29 is 4.57 Å². The van der Waals surface area contributed by atoms with Crippen molar-refractivity contribution in [2.45, 2.75) is 6.54 Å². The highest BCUT2D eigenvalue weighted by Gasteiger charge is 2.25. The standard InChI is InChI=1S/C10H9ClN4/c11-8-4-2-1-3-7(8)9-13-14-10-12-5-6-15(9)10/h1-4H,5-6H2,(H,12,14)/p+1. The maximum absolute atomic E-state index is 6.14. The molecule has 0 spiro atoms. The highest BCUT2D eigenvalue weighted by atomic mass is 35.5. The second-order valence-electron chi connectivity index (χ2n) is 3.45. The Kier molecular flexibility index (Phi) is 1.89. The first kappa shape index (κ1) is 8.73. The van der Waals surface area contributed by atoms with Crippen LogP contribution in [-0.2, 0) is 6.54 Å². The molecule has 1 aliphatic heterocycles. The number of nitrogens with zero attached hydrogens (tertiary/aromatic N) is 2. The van der Waals surface area contributed by atoms with Crippen LogP contribution >= 0.6 is 11.6 Å². The summed E-state index contributed by atoms with van der Waals surface area (Å²) in [6.45, 7) is 1.85. The molecule has 0 atom stereocenters. The van der Waals surface area contributed by atoms with Crippen molar-refractivity contribution >= 4 is 17.5 Å². The van der Waals surface area contributed by atoms with Crippen LogP contribution in [0.3, 0.4) is 0 Å². The Morgan fingerprint density at radius 3 is 3.07 bits per heavy atom. The van der Waals surface area contributed by atoms with Crippen molar-refractivity contribution in [1.29, 1.82) is 0 Å². The molecule has 1 aromatic carbocycles. The van der Waals surface area contributed by atoms with Crippen LogP contribution in [0.1, 0.15) is 0 Å². The van der Waals surface area contributed by atoms with Gasteiger partial charge >= 0.3 is 5.95 Å². The fourth-order valence-electron chi connectivity index (χ4n) is 1.82. The Bertz CT molecular complexity index is 506. The van der Waals surface area contributed by atoms with Gasteiger partial charge in [0.15, 0.2) is 0 Å². The third-order valence-corrected chi connectivity index (χ3v) is 2.87. The first-order chi connectivity index (χ1) is 7.36. The van der Waals surface area contributed by atoms with Crippen LogP contribution in [0.15, 0.2) is 24.3 Å². The van der Waals surface area contributed by atoms with Gasteiger partial charge < -0.3 is 0 Å². The molecule has 5 heteroatoms. The number of hydrogen-bond donors (Lipinski definition) is 2. The van der Waals surface area contributed by atoms with E-state index in [9.17, 15) is 0 Å². The molecule has 76 valence electrons. The lowest BCUT2D eigenvalue weighted by molar-refractivity contribution is -0.659. The van der Waals surface area contributed by atoms with E-state index in [-0.39, 0.29) is 0 Å².